The Labute approximate surface area is 116 Å². The molecule has 0 atom stereocenters. The molecule has 0 N–H and O–H groups in total. The topological polar surface area (TPSA) is 73.5 Å². The number of rotatable bonds is 5. The minimum atomic E-state index is 0.421. The maximum Gasteiger partial charge on any atom is 0.220 e. The first-order chi connectivity index (χ1) is 9.80. The van der Waals surface area contributed by atoms with Gasteiger partial charge in [-0.1, -0.05) is 0 Å². The Kier molecular flexibility index (Phi) is 3.51. The van der Waals surface area contributed by atoms with Gasteiger partial charge < -0.3 is 18.8 Å². The lowest BCUT2D eigenvalue weighted by Crippen LogP contribution is -2.17. The van der Waals surface area contributed by atoms with Crippen molar-refractivity contribution in [3.63, 3.8) is 0 Å². The highest BCUT2D eigenvalue weighted by atomic mass is 16.5. The maximum absolute atomic E-state index is 5.68. The third-order valence-electron chi connectivity index (χ3n) is 3.09. The van der Waals surface area contributed by atoms with Gasteiger partial charge >= 0.3 is 0 Å². The van der Waals surface area contributed by atoms with Crippen LogP contribution in [0.2, 0.25) is 0 Å². The molecule has 20 heavy (non-hydrogen) atoms. The van der Waals surface area contributed by atoms with Crippen LogP contribution in [0, 0.1) is 0 Å². The van der Waals surface area contributed by atoms with Crippen LogP contribution in [-0.4, -0.2) is 28.7 Å². The van der Waals surface area contributed by atoms with Crippen LogP contribution in [-0.2, 0) is 24.4 Å². The van der Waals surface area contributed by atoms with Crippen LogP contribution in [0.3, 0.4) is 0 Å². The van der Waals surface area contributed by atoms with E-state index in [2.05, 4.69) is 19.9 Å². The molecular weight excluding hydrogens is 260 g/mol. The van der Waals surface area contributed by atoms with E-state index in [-0.39, 0.29) is 0 Å². The molecular formula is C13H16N4O3. The normalized spacial score (nSPS) is 13.6. The Morgan fingerprint density at radius 2 is 2.25 bits per heavy atom. The predicted octanol–water partition coefficient (Wildman–Crippen LogP) is 1.53. The molecule has 0 saturated heterocycles. The molecule has 0 fully saturated rings. The maximum atomic E-state index is 5.68. The van der Waals surface area contributed by atoms with Crippen LogP contribution in [0.1, 0.15) is 24.3 Å². The van der Waals surface area contributed by atoms with Crippen LogP contribution in [0.5, 0.6) is 5.88 Å². The first-order valence-corrected chi connectivity index (χ1v) is 6.46. The van der Waals surface area contributed by atoms with E-state index in [1.54, 1.807) is 13.2 Å². The number of methoxy groups -OCH3 is 1. The summed E-state index contributed by atoms with van der Waals surface area (Å²) in [5, 5.41) is 0. The molecule has 0 spiro atoms. The number of ether oxygens (including phenoxy) is 2. The molecule has 2 aromatic rings. The van der Waals surface area contributed by atoms with Gasteiger partial charge in [0.15, 0.2) is 0 Å². The summed E-state index contributed by atoms with van der Waals surface area (Å²) in [5.74, 6) is 2.86. The zero-order valence-electron chi connectivity index (χ0n) is 11.5. The lowest BCUT2D eigenvalue weighted by atomic mass is 10.4. The monoisotopic (exact) mass is 276 g/mol. The molecule has 0 radical (unpaired) electrons. The summed E-state index contributed by atoms with van der Waals surface area (Å²) in [7, 11) is 1.59. The van der Waals surface area contributed by atoms with Crippen molar-refractivity contribution in [2.45, 2.75) is 26.6 Å². The summed E-state index contributed by atoms with van der Waals surface area (Å²) in [6.07, 6.45) is 1.49. The van der Waals surface area contributed by atoms with Crippen molar-refractivity contribution in [2.75, 3.05) is 18.6 Å². The van der Waals surface area contributed by atoms with Gasteiger partial charge in [0.1, 0.15) is 30.2 Å². The van der Waals surface area contributed by atoms with Gasteiger partial charge in [0.25, 0.3) is 0 Å². The second kappa shape index (κ2) is 5.46. The molecule has 7 heteroatoms. The standard InChI is InChI=1S/C13H16N4O3/c1-3-19-7-13-16-9-5-17(6-10(9)20-13)11-4-12(18-2)15-8-14-11/h4,8H,3,5-7H2,1-2H3. The van der Waals surface area contributed by atoms with Crippen LogP contribution >= 0.6 is 0 Å². The number of anilines is 1. The van der Waals surface area contributed by atoms with Gasteiger partial charge in [0.05, 0.1) is 20.2 Å². The van der Waals surface area contributed by atoms with Crippen LogP contribution < -0.4 is 9.64 Å². The van der Waals surface area contributed by atoms with Crippen molar-refractivity contribution in [1.82, 2.24) is 15.0 Å². The van der Waals surface area contributed by atoms with Crippen LogP contribution in [0.25, 0.3) is 0 Å². The van der Waals surface area contributed by atoms with Crippen molar-refractivity contribution in [3.05, 3.63) is 29.7 Å². The first-order valence-electron chi connectivity index (χ1n) is 6.46. The van der Waals surface area contributed by atoms with E-state index in [0.717, 1.165) is 17.3 Å². The van der Waals surface area contributed by atoms with E-state index in [1.807, 2.05) is 6.92 Å². The molecule has 7 nitrogen and oxygen atoms in total. The quantitative estimate of drug-likeness (QED) is 0.819. The van der Waals surface area contributed by atoms with E-state index in [1.165, 1.54) is 6.33 Å². The highest BCUT2D eigenvalue weighted by Gasteiger charge is 2.26. The van der Waals surface area contributed by atoms with Gasteiger partial charge in [-0.3, -0.25) is 0 Å². The molecule has 0 bridgehead atoms. The summed E-state index contributed by atoms with van der Waals surface area (Å²) in [6.45, 7) is 4.34. The fourth-order valence-electron chi connectivity index (χ4n) is 2.12. The van der Waals surface area contributed by atoms with Gasteiger partial charge in [-0.2, -0.15) is 0 Å². The first kappa shape index (κ1) is 12.9. The summed E-state index contributed by atoms with van der Waals surface area (Å²) in [6, 6.07) is 1.80. The second-order valence-corrected chi connectivity index (χ2v) is 4.39. The van der Waals surface area contributed by atoms with Crippen molar-refractivity contribution in [1.29, 1.82) is 0 Å². The van der Waals surface area contributed by atoms with Crippen LogP contribution in [0.15, 0.2) is 16.8 Å². The highest BCUT2D eigenvalue weighted by Crippen LogP contribution is 2.28. The molecule has 1 aliphatic rings. The smallest absolute Gasteiger partial charge is 0.220 e. The van der Waals surface area contributed by atoms with Crippen molar-refractivity contribution in [3.8, 4) is 5.88 Å². The van der Waals surface area contributed by atoms with E-state index in [4.69, 9.17) is 13.9 Å². The summed E-state index contributed by atoms with van der Waals surface area (Å²) < 4.78 is 16.1. The lowest BCUT2D eigenvalue weighted by molar-refractivity contribution is 0.113. The molecule has 3 rings (SSSR count). The van der Waals surface area contributed by atoms with Gasteiger partial charge in [-0.05, 0) is 6.92 Å². The molecule has 0 aromatic carbocycles. The average Bonchev–Trinajstić information content (AvgIpc) is 3.03. The minimum absolute atomic E-state index is 0.421. The third kappa shape index (κ3) is 2.44. The molecule has 2 aromatic heterocycles. The molecule has 0 saturated carbocycles. The summed E-state index contributed by atoms with van der Waals surface area (Å²) in [5.41, 5.74) is 0.942. The Hall–Kier alpha value is -2.15. The Morgan fingerprint density at radius 1 is 1.35 bits per heavy atom. The summed E-state index contributed by atoms with van der Waals surface area (Å²) in [4.78, 5) is 14.7. The zero-order chi connectivity index (χ0) is 13.9. The van der Waals surface area contributed by atoms with E-state index >= 15 is 0 Å². The lowest BCUT2D eigenvalue weighted by Gasteiger charge is -2.15. The molecule has 106 valence electrons. The predicted molar refractivity (Wildman–Crippen MR) is 70.3 cm³/mol. The minimum Gasteiger partial charge on any atom is -0.481 e. The van der Waals surface area contributed by atoms with E-state index in [9.17, 15) is 0 Å². The molecule has 0 unspecified atom stereocenters. The van der Waals surface area contributed by atoms with E-state index in [0.29, 0.717) is 38.1 Å². The number of fused-ring (bicyclic) bond motifs is 1. The number of aromatic nitrogens is 3. The number of nitrogens with zero attached hydrogens (tertiary/aromatic N) is 4. The number of hydrogen-bond donors (Lipinski definition) is 0. The molecule has 3 heterocycles. The Morgan fingerprint density at radius 3 is 3.00 bits per heavy atom. The number of oxazole rings is 1. The van der Waals surface area contributed by atoms with Crippen molar-refractivity contribution in [2.24, 2.45) is 0 Å². The fraction of sp³-hybridized carbons (Fsp3) is 0.462. The Balaban J connectivity index is 1.72. The van der Waals surface area contributed by atoms with Gasteiger partial charge in [-0.15, -0.1) is 0 Å². The molecule has 0 amide bonds. The van der Waals surface area contributed by atoms with Gasteiger partial charge in [-0.25, -0.2) is 15.0 Å². The molecule has 1 aliphatic heterocycles. The fourth-order valence-corrected chi connectivity index (χ4v) is 2.12. The zero-order valence-corrected chi connectivity index (χ0v) is 11.5. The molecule has 0 aliphatic carbocycles. The van der Waals surface area contributed by atoms with Crippen LogP contribution in [0.4, 0.5) is 5.82 Å². The summed E-state index contributed by atoms with van der Waals surface area (Å²) >= 11 is 0. The SMILES string of the molecule is CCOCc1nc2c(o1)CN(c1cc(OC)ncn1)C2. The van der Waals surface area contributed by atoms with Gasteiger partial charge in [0.2, 0.25) is 11.8 Å². The number of hydrogen-bond acceptors (Lipinski definition) is 7. The highest BCUT2D eigenvalue weighted by molar-refractivity contribution is 5.44. The largest absolute Gasteiger partial charge is 0.481 e. The third-order valence-corrected chi connectivity index (χ3v) is 3.09. The van der Waals surface area contributed by atoms with E-state index < -0.39 is 0 Å². The van der Waals surface area contributed by atoms with Gasteiger partial charge in [0, 0.05) is 12.7 Å². The average molecular weight is 276 g/mol. The van der Waals surface area contributed by atoms with Crippen molar-refractivity contribution < 1.29 is 13.9 Å². The Bertz CT molecular complexity index is 576. The second-order valence-electron chi connectivity index (χ2n) is 4.39. The van der Waals surface area contributed by atoms with Crippen molar-refractivity contribution >= 4 is 5.82 Å².